The Morgan fingerprint density at radius 3 is 2.17 bits per heavy atom. The molecule has 0 amide bonds. The molecule has 1 heteroatoms. The maximum atomic E-state index is 2.84. The molecule has 4 unspecified atom stereocenters. The van der Waals surface area contributed by atoms with E-state index in [1.54, 1.807) is 0 Å². The third kappa shape index (κ3) is 4.74. The van der Waals surface area contributed by atoms with Gasteiger partial charge in [0, 0.05) is 12.1 Å². The van der Waals surface area contributed by atoms with Gasteiger partial charge in [0.05, 0.1) is 0 Å². The van der Waals surface area contributed by atoms with E-state index >= 15 is 0 Å². The number of rotatable bonds is 10. The summed E-state index contributed by atoms with van der Waals surface area (Å²) >= 11 is 0. The van der Waals surface area contributed by atoms with Gasteiger partial charge in [-0.15, -0.1) is 0 Å². The van der Waals surface area contributed by atoms with Crippen molar-refractivity contribution in [3.8, 4) is 0 Å². The fourth-order valence-electron chi connectivity index (χ4n) is 5.50. The van der Waals surface area contributed by atoms with E-state index < -0.39 is 0 Å². The van der Waals surface area contributed by atoms with E-state index in [9.17, 15) is 0 Å². The summed E-state index contributed by atoms with van der Waals surface area (Å²) < 4.78 is 0. The molecule has 0 N–H and O–H groups in total. The molecule has 136 valence electrons. The largest absolute Gasteiger partial charge is 0.300 e. The summed E-state index contributed by atoms with van der Waals surface area (Å²) in [4.78, 5) is 2.84. The Hall–Kier alpha value is -0.0400. The maximum absolute atomic E-state index is 2.84. The first kappa shape index (κ1) is 19.3. The fourth-order valence-corrected chi connectivity index (χ4v) is 5.50. The molecule has 0 aliphatic heterocycles. The fraction of sp³-hybridized carbons (Fsp3) is 1.00. The molecule has 1 nitrogen and oxygen atoms in total. The second kappa shape index (κ2) is 9.44. The van der Waals surface area contributed by atoms with Gasteiger partial charge in [0.25, 0.3) is 0 Å². The lowest BCUT2D eigenvalue weighted by molar-refractivity contribution is 0.0486. The summed E-state index contributed by atoms with van der Waals surface area (Å²) in [6.07, 6.45) is 15.8. The van der Waals surface area contributed by atoms with Gasteiger partial charge >= 0.3 is 0 Å². The Labute approximate surface area is 146 Å². The lowest BCUT2D eigenvalue weighted by Gasteiger charge is -2.44. The molecule has 4 atom stereocenters. The summed E-state index contributed by atoms with van der Waals surface area (Å²) in [6.45, 7) is 9.69. The summed E-state index contributed by atoms with van der Waals surface area (Å²) in [5, 5.41) is 0. The van der Waals surface area contributed by atoms with Gasteiger partial charge in [-0.3, -0.25) is 0 Å². The third-order valence-corrected chi connectivity index (χ3v) is 7.55. The highest BCUT2D eigenvalue weighted by Gasteiger charge is 2.41. The highest BCUT2D eigenvalue weighted by atomic mass is 15.2. The van der Waals surface area contributed by atoms with Gasteiger partial charge in [0.1, 0.15) is 0 Å². The monoisotopic (exact) mass is 321 g/mol. The van der Waals surface area contributed by atoms with Gasteiger partial charge in [0.2, 0.25) is 0 Å². The molecular formula is C22H43N. The summed E-state index contributed by atoms with van der Waals surface area (Å²) in [6, 6.07) is 1.77. The van der Waals surface area contributed by atoms with E-state index in [0.29, 0.717) is 0 Å². The molecule has 2 rings (SSSR count). The second-order valence-electron chi connectivity index (χ2n) is 8.75. The van der Waals surface area contributed by atoms with Crippen molar-refractivity contribution in [2.45, 2.75) is 110 Å². The van der Waals surface area contributed by atoms with Gasteiger partial charge in [0.15, 0.2) is 0 Å². The van der Waals surface area contributed by atoms with E-state index in [0.717, 1.165) is 35.8 Å². The third-order valence-electron chi connectivity index (χ3n) is 7.55. The maximum Gasteiger partial charge on any atom is 0.0126 e. The van der Waals surface area contributed by atoms with E-state index in [-0.39, 0.29) is 0 Å². The van der Waals surface area contributed by atoms with Gasteiger partial charge in [-0.2, -0.15) is 0 Å². The van der Waals surface area contributed by atoms with Crippen molar-refractivity contribution in [3.05, 3.63) is 0 Å². The molecule has 2 fully saturated rings. The smallest absolute Gasteiger partial charge is 0.0126 e. The van der Waals surface area contributed by atoms with Gasteiger partial charge in [-0.05, 0) is 62.8 Å². The molecule has 2 aliphatic carbocycles. The number of hydrogen-bond donors (Lipinski definition) is 0. The predicted molar refractivity (Wildman–Crippen MR) is 103 cm³/mol. The van der Waals surface area contributed by atoms with Crippen molar-refractivity contribution in [2.24, 2.45) is 23.7 Å². The normalized spacial score (nSPS) is 30.1. The van der Waals surface area contributed by atoms with E-state index in [1.807, 2.05) is 0 Å². The average molecular weight is 322 g/mol. The van der Waals surface area contributed by atoms with Gasteiger partial charge in [-0.25, -0.2) is 0 Å². The molecule has 2 saturated carbocycles. The molecule has 0 aromatic carbocycles. The Morgan fingerprint density at radius 2 is 1.65 bits per heavy atom. The molecule has 0 heterocycles. The van der Waals surface area contributed by atoms with E-state index in [4.69, 9.17) is 0 Å². The molecule has 23 heavy (non-hydrogen) atoms. The van der Waals surface area contributed by atoms with Crippen LogP contribution in [0.4, 0.5) is 0 Å². The molecule has 0 spiro atoms. The minimum atomic E-state index is 0.863. The van der Waals surface area contributed by atoms with Gasteiger partial charge in [-0.1, -0.05) is 66.2 Å². The van der Waals surface area contributed by atoms with Crippen molar-refractivity contribution in [2.75, 3.05) is 7.05 Å². The van der Waals surface area contributed by atoms with Crippen LogP contribution in [0.2, 0.25) is 0 Å². The van der Waals surface area contributed by atoms with Crippen LogP contribution in [0.1, 0.15) is 98.3 Å². The first-order valence-corrected chi connectivity index (χ1v) is 10.8. The van der Waals surface area contributed by atoms with E-state index in [2.05, 4.69) is 39.6 Å². The van der Waals surface area contributed by atoms with E-state index in [1.165, 1.54) is 70.6 Å². The van der Waals surface area contributed by atoms with Crippen molar-refractivity contribution in [3.63, 3.8) is 0 Å². The standard InChI is InChI=1S/C22H43N/c1-6-10-20-17(4)13-15-21(20)22(16-14-18(7-2)8-3)23(5)19-11-9-12-19/h17-22H,6-16H2,1-5H3. The van der Waals surface area contributed by atoms with Crippen molar-refractivity contribution < 1.29 is 0 Å². The van der Waals surface area contributed by atoms with Gasteiger partial charge < -0.3 is 4.90 Å². The molecular weight excluding hydrogens is 278 g/mol. The summed E-state index contributed by atoms with van der Waals surface area (Å²) in [5.41, 5.74) is 0. The lowest BCUT2D eigenvalue weighted by Crippen LogP contribution is -2.48. The minimum absolute atomic E-state index is 0.863. The van der Waals surface area contributed by atoms with Crippen LogP contribution >= 0.6 is 0 Å². The molecule has 0 radical (unpaired) electrons. The zero-order valence-electron chi connectivity index (χ0n) is 16.7. The Morgan fingerprint density at radius 1 is 0.957 bits per heavy atom. The second-order valence-corrected chi connectivity index (χ2v) is 8.75. The van der Waals surface area contributed by atoms with Crippen LogP contribution in [-0.2, 0) is 0 Å². The zero-order chi connectivity index (χ0) is 16.8. The van der Waals surface area contributed by atoms with Crippen molar-refractivity contribution in [1.29, 1.82) is 0 Å². The lowest BCUT2D eigenvalue weighted by atomic mass is 9.77. The highest BCUT2D eigenvalue weighted by Crippen LogP contribution is 2.45. The highest BCUT2D eigenvalue weighted by molar-refractivity contribution is 4.93. The molecule has 0 aromatic heterocycles. The molecule has 0 bridgehead atoms. The van der Waals surface area contributed by atoms with Crippen LogP contribution in [0.5, 0.6) is 0 Å². The summed E-state index contributed by atoms with van der Waals surface area (Å²) in [7, 11) is 2.47. The Bertz CT molecular complexity index is 318. The van der Waals surface area contributed by atoms with Crippen molar-refractivity contribution in [1.82, 2.24) is 4.90 Å². The van der Waals surface area contributed by atoms with Crippen LogP contribution in [0, 0.1) is 23.7 Å². The zero-order valence-corrected chi connectivity index (χ0v) is 16.7. The van der Waals surface area contributed by atoms with Crippen LogP contribution < -0.4 is 0 Å². The minimum Gasteiger partial charge on any atom is -0.300 e. The van der Waals surface area contributed by atoms with Crippen LogP contribution in [-0.4, -0.2) is 24.0 Å². The SMILES string of the molecule is CCCC1C(C)CCC1C(CCC(CC)CC)N(C)C1CCC1. The molecule has 2 aliphatic rings. The average Bonchev–Trinajstić information content (AvgIpc) is 2.84. The first-order valence-electron chi connectivity index (χ1n) is 10.8. The Balaban J connectivity index is 2.05. The predicted octanol–water partition coefficient (Wildman–Crippen LogP) is 6.52. The number of hydrogen-bond acceptors (Lipinski definition) is 1. The molecule has 0 aromatic rings. The summed E-state index contributed by atoms with van der Waals surface area (Å²) in [5.74, 6) is 3.89. The Kier molecular flexibility index (Phi) is 7.92. The number of nitrogens with zero attached hydrogens (tertiary/aromatic N) is 1. The van der Waals surface area contributed by atoms with Crippen molar-refractivity contribution >= 4 is 0 Å². The van der Waals surface area contributed by atoms with Crippen LogP contribution in [0.15, 0.2) is 0 Å². The quantitative estimate of drug-likeness (QED) is 0.443. The first-order chi connectivity index (χ1) is 11.1. The van der Waals surface area contributed by atoms with Crippen LogP contribution in [0.25, 0.3) is 0 Å². The van der Waals surface area contributed by atoms with Crippen LogP contribution in [0.3, 0.4) is 0 Å². The molecule has 0 saturated heterocycles. The topological polar surface area (TPSA) is 3.24 Å².